The molecule has 2 aromatic carbocycles. The molecular formula is C41H51N7O5. The van der Waals surface area contributed by atoms with E-state index in [4.69, 9.17) is 19.4 Å². The highest BCUT2D eigenvalue weighted by Crippen LogP contribution is 2.41. The summed E-state index contributed by atoms with van der Waals surface area (Å²) in [5.41, 5.74) is 4.41. The molecule has 280 valence electrons. The molecule has 0 bridgehead atoms. The second-order valence-electron chi connectivity index (χ2n) is 15.6. The first-order chi connectivity index (χ1) is 25.6. The predicted molar refractivity (Wildman–Crippen MR) is 200 cm³/mol. The molecule has 3 fully saturated rings. The number of likely N-dealkylation sites (tertiary alicyclic amines) is 2. The van der Waals surface area contributed by atoms with E-state index >= 15 is 0 Å². The minimum absolute atomic E-state index is 0.0689. The van der Waals surface area contributed by atoms with Crippen molar-refractivity contribution in [1.82, 2.24) is 35.1 Å². The summed E-state index contributed by atoms with van der Waals surface area (Å²) in [6.45, 7) is 6.97. The molecule has 12 nitrogen and oxygen atoms in total. The molecule has 4 aromatic rings. The number of alkyl carbamates (subject to hydrolysis) is 1. The average molecular weight is 722 g/mol. The van der Waals surface area contributed by atoms with Crippen LogP contribution in [0, 0.1) is 0 Å². The largest absolute Gasteiger partial charge is 0.453 e. The van der Waals surface area contributed by atoms with Gasteiger partial charge in [0.05, 0.1) is 30.6 Å². The molecule has 4 heterocycles. The van der Waals surface area contributed by atoms with Gasteiger partial charge in [0.15, 0.2) is 0 Å². The van der Waals surface area contributed by atoms with E-state index in [1.54, 1.807) is 0 Å². The normalized spacial score (nSPS) is 22.4. The summed E-state index contributed by atoms with van der Waals surface area (Å²) in [5.74, 6) is 2.33. The number of benzene rings is 2. The Bertz CT molecular complexity index is 1870. The number of amides is 3. The van der Waals surface area contributed by atoms with Crippen LogP contribution < -0.4 is 5.32 Å². The minimum atomic E-state index is -0.851. The van der Waals surface area contributed by atoms with Crippen molar-refractivity contribution >= 4 is 18.1 Å². The van der Waals surface area contributed by atoms with Crippen LogP contribution in [-0.4, -0.2) is 73.6 Å². The number of H-pyrrole nitrogens is 2. The molecule has 3 atom stereocenters. The Morgan fingerprint density at radius 3 is 2.15 bits per heavy atom. The van der Waals surface area contributed by atoms with Crippen LogP contribution in [-0.2, 0) is 14.3 Å². The maximum absolute atomic E-state index is 13.9. The number of aromatic nitrogens is 4. The van der Waals surface area contributed by atoms with Gasteiger partial charge in [-0.25, -0.2) is 19.6 Å². The first-order valence-corrected chi connectivity index (χ1v) is 19.0. The number of hydrogen-bond acceptors (Lipinski definition) is 7. The van der Waals surface area contributed by atoms with Gasteiger partial charge in [-0.1, -0.05) is 54.6 Å². The zero-order chi connectivity index (χ0) is 37.1. The number of hydrogen-bond donors (Lipinski definition) is 3. The summed E-state index contributed by atoms with van der Waals surface area (Å²) in [4.78, 5) is 59.2. The van der Waals surface area contributed by atoms with Crippen LogP contribution in [0.1, 0.15) is 130 Å². The fraction of sp³-hybridized carbons (Fsp3) is 0.488. The zero-order valence-corrected chi connectivity index (χ0v) is 31.1. The average Bonchev–Trinajstić information content (AvgIpc) is 4.00. The van der Waals surface area contributed by atoms with Crippen molar-refractivity contribution in [1.29, 1.82) is 0 Å². The Kier molecular flexibility index (Phi) is 10.6. The summed E-state index contributed by atoms with van der Waals surface area (Å²) in [7, 11) is 1.29. The van der Waals surface area contributed by atoms with E-state index in [0.717, 1.165) is 80.0 Å². The molecule has 0 radical (unpaired) electrons. The van der Waals surface area contributed by atoms with E-state index in [2.05, 4.69) is 39.6 Å². The zero-order valence-electron chi connectivity index (χ0n) is 31.1. The molecule has 2 saturated heterocycles. The SMILES string of the molecule is COC(=O)N[C@@H](C(=O)N1CCC[C@@H]1c1c[nH]c(-c2ccc([C@H]3CC[C@H](c4c[nH]c([C@H]5CCCN5C(=O)OC(C)(C)C)n4)CC3)cc2)n1)c1ccccc1. The first-order valence-electron chi connectivity index (χ1n) is 19.0. The Balaban J connectivity index is 0.958. The van der Waals surface area contributed by atoms with E-state index in [9.17, 15) is 14.4 Å². The highest BCUT2D eigenvalue weighted by atomic mass is 16.6. The lowest BCUT2D eigenvalue weighted by atomic mass is 9.77. The van der Waals surface area contributed by atoms with Crippen LogP contribution in [0.2, 0.25) is 0 Å². The smallest absolute Gasteiger partial charge is 0.410 e. The van der Waals surface area contributed by atoms with Gasteiger partial charge in [0.25, 0.3) is 0 Å². The third-order valence-corrected chi connectivity index (χ3v) is 10.9. The van der Waals surface area contributed by atoms with Gasteiger partial charge in [0.1, 0.15) is 23.3 Å². The fourth-order valence-corrected chi connectivity index (χ4v) is 8.23. The summed E-state index contributed by atoms with van der Waals surface area (Å²) < 4.78 is 10.5. The first kappa shape index (κ1) is 36.2. The number of carbonyl (C=O) groups excluding carboxylic acids is 3. The highest BCUT2D eigenvalue weighted by molar-refractivity contribution is 5.87. The third kappa shape index (κ3) is 8.11. The lowest BCUT2D eigenvalue weighted by molar-refractivity contribution is -0.134. The molecule has 2 aromatic heterocycles. The molecular weight excluding hydrogens is 670 g/mol. The van der Waals surface area contributed by atoms with Crippen molar-refractivity contribution in [3.05, 3.63) is 95.3 Å². The number of imidazole rings is 2. The molecule has 3 aliphatic rings. The van der Waals surface area contributed by atoms with Crippen molar-refractivity contribution in [3.63, 3.8) is 0 Å². The quantitative estimate of drug-likeness (QED) is 0.167. The van der Waals surface area contributed by atoms with Crippen molar-refractivity contribution in [2.45, 2.75) is 108 Å². The topological polar surface area (TPSA) is 146 Å². The van der Waals surface area contributed by atoms with Crippen molar-refractivity contribution in [3.8, 4) is 11.4 Å². The maximum atomic E-state index is 13.9. The number of nitrogens with zero attached hydrogens (tertiary/aromatic N) is 4. The van der Waals surface area contributed by atoms with Gasteiger partial charge in [-0.05, 0) is 89.2 Å². The summed E-state index contributed by atoms with van der Waals surface area (Å²) in [5, 5.41) is 2.73. The van der Waals surface area contributed by atoms with E-state index in [-0.39, 0.29) is 24.1 Å². The van der Waals surface area contributed by atoms with E-state index < -0.39 is 17.7 Å². The van der Waals surface area contributed by atoms with Crippen LogP contribution in [0.15, 0.2) is 67.0 Å². The molecule has 1 aliphatic carbocycles. The monoisotopic (exact) mass is 721 g/mol. The summed E-state index contributed by atoms with van der Waals surface area (Å²) in [6, 6.07) is 16.8. The second kappa shape index (κ2) is 15.5. The van der Waals surface area contributed by atoms with Gasteiger partial charge >= 0.3 is 12.2 Å². The Labute approximate surface area is 311 Å². The van der Waals surface area contributed by atoms with Crippen molar-refractivity contribution in [2.75, 3.05) is 20.2 Å². The van der Waals surface area contributed by atoms with Gasteiger partial charge in [0.2, 0.25) is 5.91 Å². The lowest BCUT2D eigenvalue weighted by Crippen LogP contribution is -2.42. The molecule has 3 amide bonds. The van der Waals surface area contributed by atoms with Gasteiger partial charge in [-0.2, -0.15) is 0 Å². The van der Waals surface area contributed by atoms with Gasteiger partial charge in [-0.15, -0.1) is 0 Å². The Morgan fingerprint density at radius 1 is 0.792 bits per heavy atom. The molecule has 0 unspecified atom stereocenters. The summed E-state index contributed by atoms with van der Waals surface area (Å²) >= 11 is 0. The van der Waals surface area contributed by atoms with Gasteiger partial charge < -0.3 is 29.7 Å². The number of rotatable bonds is 8. The van der Waals surface area contributed by atoms with E-state index in [0.29, 0.717) is 30.5 Å². The number of nitrogens with one attached hydrogen (secondary N) is 3. The maximum Gasteiger partial charge on any atom is 0.410 e. The van der Waals surface area contributed by atoms with Crippen molar-refractivity contribution in [2.24, 2.45) is 0 Å². The summed E-state index contributed by atoms with van der Waals surface area (Å²) in [6.07, 6.45) is 10.8. The Morgan fingerprint density at radius 2 is 1.45 bits per heavy atom. The molecule has 7 rings (SSSR count). The van der Waals surface area contributed by atoms with Crippen molar-refractivity contribution < 1.29 is 23.9 Å². The molecule has 2 aliphatic heterocycles. The van der Waals surface area contributed by atoms with E-state index in [1.165, 1.54) is 12.7 Å². The second-order valence-corrected chi connectivity index (χ2v) is 15.6. The molecule has 1 saturated carbocycles. The van der Waals surface area contributed by atoms with Crippen LogP contribution in [0.5, 0.6) is 0 Å². The predicted octanol–water partition coefficient (Wildman–Crippen LogP) is 8.07. The molecule has 3 N–H and O–H groups in total. The number of carbonyl (C=O) groups is 3. The standard InChI is InChI=1S/C41H51N7O5/c1-41(2,3)53-40(51)48-23-9-13-34(48)37-43-24-31(44-37)28-18-14-26(15-19-28)27-16-20-30(21-17-27)36-42-25-32(45-36)33-12-8-22-47(33)38(49)35(46-39(50)52-4)29-10-6-5-7-11-29/h5-7,10-11,16-17,20-21,24-26,28,33-35H,8-9,12-15,18-19,22-23H2,1-4H3,(H,42,45)(H,43,44)(H,46,50)/t26-,28-,33-,34-,35-/m1/s1. The highest BCUT2D eigenvalue weighted by Gasteiger charge is 2.38. The van der Waals surface area contributed by atoms with Crippen LogP contribution in [0.3, 0.4) is 0 Å². The number of methoxy groups -OCH3 is 1. The van der Waals surface area contributed by atoms with Crippen LogP contribution in [0.4, 0.5) is 9.59 Å². The number of ether oxygens (including phenoxy) is 2. The van der Waals surface area contributed by atoms with Gasteiger partial charge in [-0.3, -0.25) is 9.69 Å². The van der Waals surface area contributed by atoms with Crippen LogP contribution in [0.25, 0.3) is 11.4 Å². The number of aromatic amines is 2. The third-order valence-electron chi connectivity index (χ3n) is 10.9. The minimum Gasteiger partial charge on any atom is -0.453 e. The molecule has 12 heteroatoms. The molecule has 53 heavy (non-hydrogen) atoms. The lowest BCUT2D eigenvalue weighted by Gasteiger charge is -2.28. The van der Waals surface area contributed by atoms with Crippen LogP contribution >= 0.6 is 0 Å². The van der Waals surface area contributed by atoms with E-state index in [1.807, 2.05) is 73.3 Å². The fourth-order valence-electron chi connectivity index (χ4n) is 8.23. The molecule has 0 spiro atoms. The van der Waals surface area contributed by atoms with Gasteiger partial charge in [0, 0.05) is 37.0 Å². The Hall–Kier alpha value is -5.13.